The van der Waals surface area contributed by atoms with Crippen molar-refractivity contribution >= 4 is 35.8 Å². The number of hydrogen-bond donors (Lipinski definition) is 1. The van der Waals surface area contributed by atoms with Gasteiger partial charge in [-0.15, -0.1) is 24.2 Å². The third kappa shape index (κ3) is 5.53. The summed E-state index contributed by atoms with van der Waals surface area (Å²) in [5.41, 5.74) is 0.984. The van der Waals surface area contributed by atoms with Crippen LogP contribution in [0.2, 0.25) is 0 Å². The van der Waals surface area contributed by atoms with Crippen molar-refractivity contribution in [2.24, 2.45) is 5.92 Å². The van der Waals surface area contributed by atoms with Crippen molar-refractivity contribution in [2.45, 2.75) is 30.6 Å². The molecule has 0 aromatic heterocycles. The number of halogens is 1. The molecule has 1 saturated heterocycles. The van der Waals surface area contributed by atoms with E-state index in [1.54, 1.807) is 16.7 Å². The third-order valence-corrected chi connectivity index (χ3v) is 4.80. The lowest BCUT2D eigenvalue weighted by Crippen LogP contribution is -2.30. The minimum absolute atomic E-state index is 0. The van der Waals surface area contributed by atoms with Gasteiger partial charge in [0.2, 0.25) is 5.91 Å². The largest absolute Gasteiger partial charge is 0.317 e. The Morgan fingerprint density at radius 1 is 1.29 bits per heavy atom. The predicted molar refractivity (Wildman–Crippen MR) is 93.7 cm³/mol. The monoisotopic (exact) mass is 328 g/mol. The van der Waals surface area contributed by atoms with E-state index in [9.17, 15) is 4.79 Å². The summed E-state index contributed by atoms with van der Waals surface area (Å²) in [5.74, 6) is 0.938. The Bertz CT molecular complexity index is 432. The summed E-state index contributed by atoms with van der Waals surface area (Å²) in [5, 5.41) is 3.36. The van der Waals surface area contributed by atoms with Gasteiger partial charge in [-0.1, -0.05) is 0 Å². The van der Waals surface area contributed by atoms with Crippen LogP contribution in [0, 0.1) is 5.92 Å². The van der Waals surface area contributed by atoms with Gasteiger partial charge in [0.05, 0.1) is 0 Å². The van der Waals surface area contributed by atoms with E-state index in [-0.39, 0.29) is 18.3 Å². The lowest BCUT2D eigenvalue weighted by molar-refractivity contribution is -0.118. The van der Waals surface area contributed by atoms with E-state index in [0.717, 1.165) is 25.2 Å². The minimum atomic E-state index is 0. The molecule has 1 aromatic rings. The molecule has 0 bridgehead atoms. The second kappa shape index (κ2) is 9.34. The van der Waals surface area contributed by atoms with Crippen molar-refractivity contribution in [2.75, 3.05) is 31.3 Å². The van der Waals surface area contributed by atoms with Gasteiger partial charge in [0.1, 0.15) is 0 Å². The maximum atomic E-state index is 12.2. The highest BCUT2D eigenvalue weighted by molar-refractivity contribution is 7.98. The van der Waals surface area contributed by atoms with Crippen LogP contribution in [-0.2, 0) is 4.79 Å². The standard InChI is InChI=1S/C16H24N2OS.ClH/c1-18(14-4-6-15(20-2)7-5-14)16(19)8-3-13-9-11-17-12-10-13;/h4-7,13,17H,3,8-12H2,1-2H3;1H. The van der Waals surface area contributed by atoms with Crippen molar-refractivity contribution in [3.05, 3.63) is 24.3 Å². The average Bonchev–Trinajstić information content (AvgIpc) is 2.53. The summed E-state index contributed by atoms with van der Waals surface area (Å²) in [6, 6.07) is 8.18. The lowest BCUT2D eigenvalue weighted by atomic mass is 9.93. The summed E-state index contributed by atoms with van der Waals surface area (Å²) in [6.45, 7) is 2.20. The average molecular weight is 329 g/mol. The van der Waals surface area contributed by atoms with Crippen LogP contribution in [0.25, 0.3) is 0 Å². The first-order valence-electron chi connectivity index (χ1n) is 7.32. The van der Waals surface area contributed by atoms with E-state index < -0.39 is 0 Å². The molecule has 118 valence electrons. The maximum Gasteiger partial charge on any atom is 0.226 e. The lowest BCUT2D eigenvalue weighted by Gasteiger charge is -2.23. The van der Waals surface area contributed by atoms with Crippen LogP contribution in [-0.4, -0.2) is 32.3 Å². The van der Waals surface area contributed by atoms with Crippen LogP contribution in [0.3, 0.4) is 0 Å². The van der Waals surface area contributed by atoms with Gasteiger partial charge in [0.25, 0.3) is 0 Å². The Hall–Kier alpha value is -0.710. The molecule has 1 aromatic carbocycles. The number of nitrogens with zero attached hydrogens (tertiary/aromatic N) is 1. The molecule has 0 spiro atoms. The van der Waals surface area contributed by atoms with Crippen molar-refractivity contribution in [3.63, 3.8) is 0 Å². The molecule has 3 nitrogen and oxygen atoms in total. The van der Waals surface area contributed by atoms with E-state index in [4.69, 9.17) is 0 Å². The Balaban J connectivity index is 0.00000220. The van der Waals surface area contributed by atoms with Gasteiger partial charge in [0, 0.05) is 24.1 Å². The maximum absolute atomic E-state index is 12.2. The number of carbonyl (C=O) groups excluding carboxylic acids is 1. The van der Waals surface area contributed by atoms with Crippen LogP contribution >= 0.6 is 24.2 Å². The van der Waals surface area contributed by atoms with Gasteiger partial charge < -0.3 is 10.2 Å². The molecule has 1 heterocycles. The zero-order valence-electron chi connectivity index (χ0n) is 12.8. The molecule has 0 aliphatic carbocycles. The first kappa shape index (κ1) is 18.3. The molecule has 1 aliphatic heterocycles. The molecule has 2 rings (SSSR count). The molecule has 0 unspecified atom stereocenters. The molecular weight excluding hydrogens is 304 g/mol. The normalized spacial score (nSPS) is 15.3. The quantitative estimate of drug-likeness (QED) is 0.839. The van der Waals surface area contributed by atoms with Gasteiger partial charge in [-0.25, -0.2) is 0 Å². The number of amides is 1. The molecule has 0 atom stereocenters. The summed E-state index contributed by atoms with van der Waals surface area (Å²) in [6.07, 6.45) is 6.15. The summed E-state index contributed by atoms with van der Waals surface area (Å²) >= 11 is 1.72. The van der Waals surface area contributed by atoms with Crippen molar-refractivity contribution < 1.29 is 4.79 Å². The minimum Gasteiger partial charge on any atom is -0.317 e. The number of anilines is 1. The third-order valence-electron chi connectivity index (χ3n) is 4.06. The molecule has 1 amide bonds. The van der Waals surface area contributed by atoms with Gasteiger partial charge in [-0.3, -0.25) is 4.79 Å². The smallest absolute Gasteiger partial charge is 0.226 e. The predicted octanol–water partition coefficient (Wildman–Crippen LogP) is 3.57. The van der Waals surface area contributed by atoms with E-state index in [1.165, 1.54) is 17.7 Å². The Morgan fingerprint density at radius 2 is 1.90 bits per heavy atom. The number of carbonyl (C=O) groups is 1. The van der Waals surface area contributed by atoms with Crippen LogP contribution in [0.15, 0.2) is 29.2 Å². The summed E-state index contributed by atoms with van der Waals surface area (Å²) < 4.78 is 0. The topological polar surface area (TPSA) is 32.3 Å². The number of nitrogens with one attached hydrogen (secondary N) is 1. The molecule has 0 radical (unpaired) electrons. The number of piperidine rings is 1. The number of rotatable bonds is 5. The van der Waals surface area contributed by atoms with Crippen molar-refractivity contribution in [1.29, 1.82) is 0 Å². The Labute approximate surface area is 138 Å². The molecule has 21 heavy (non-hydrogen) atoms. The van der Waals surface area contributed by atoms with E-state index in [2.05, 4.69) is 23.7 Å². The molecule has 1 aliphatic rings. The van der Waals surface area contributed by atoms with E-state index in [1.807, 2.05) is 19.2 Å². The number of benzene rings is 1. The van der Waals surface area contributed by atoms with Crippen molar-refractivity contribution in [1.82, 2.24) is 5.32 Å². The molecule has 1 fully saturated rings. The molecule has 0 saturated carbocycles. The fraction of sp³-hybridized carbons (Fsp3) is 0.562. The van der Waals surface area contributed by atoms with Crippen LogP contribution in [0.1, 0.15) is 25.7 Å². The first-order chi connectivity index (χ1) is 9.70. The second-order valence-corrected chi connectivity index (χ2v) is 6.26. The van der Waals surface area contributed by atoms with Crippen molar-refractivity contribution in [3.8, 4) is 0 Å². The van der Waals surface area contributed by atoms with E-state index in [0.29, 0.717) is 12.3 Å². The van der Waals surface area contributed by atoms with Gasteiger partial charge in [-0.05, 0) is 68.8 Å². The fourth-order valence-corrected chi connectivity index (χ4v) is 3.02. The van der Waals surface area contributed by atoms with Gasteiger partial charge in [0.15, 0.2) is 0 Å². The highest BCUT2D eigenvalue weighted by Gasteiger charge is 2.16. The molecule has 1 N–H and O–H groups in total. The summed E-state index contributed by atoms with van der Waals surface area (Å²) in [7, 11) is 1.87. The number of thioether (sulfide) groups is 1. The highest BCUT2D eigenvalue weighted by atomic mass is 35.5. The molecular formula is C16H25ClN2OS. The Kier molecular flexibility index (Phi) is 8.15. The van der Waals surface area contributed by atoms with Crippen LogP contribution in [0.5, 0.6) is 0 Å². The Morgan fingerprint density at radius 3 is 2.48 bits per heavy atom. The van der Waals surface area contributed by atoms with Gasteiger partial charge in [-0.2, -0.15) is 0 Å². The highest BCUT2D eigenvalue weighted by Crippen LogP contribution is 2.22. The zero-order valence-corrected chi connectivity index (χ0v) is 14.4. The van der Waals surface area contributed by atoms with Gasteiger partial charge >= 0.3 is 0 Å². The molecule has 5 heteroatoms. The zero-order chi connectivity index (χ0) is 14.4. The first-order valence-corrected chi connectivity index (χ1v) is 8.54. The van der Waals surface area contributed by atoms with Crippen LogP contribution in [0.4, 0.5) is 5.69 Å². The van der Waals surface area contributed by atoms with Crippen LogP contribution < -0.4 is 10.2 Å². The fourth-order valence-electron chi connectivity index (χ4n) is 2.62. The van der Waals surface area contributed by atoms with E-state index >= 15 is 0 Å². The second-order valence-electron chi connectivity index (χ2n) is 5.38. The summed E-state index contributed by atoms with van der Waals surface area (Å²) in [4.78, 5) is 15.3. The SMILES string of the molecule is CSc1ccc(N(C)C(=O)CCC2CCNCC2)cc1.Cl. The number of hydrogen-bond acceptors (Lipinski definition) is 3.